The molecule has 5 nitrogen and oxygen atoms in total. The SMILES string of the molecule is COc1ncc(C(=O)O)nc1C(C)C. The summed E-state index contributed by atoms with van der Waals surface area (Å²) in [4.78, 5) is 18.5. The predicted molar refractivity (Wildman–Crippen MR) is 49.6 cm³/mol. The monoisotopic (exact) mass is 196 g/mol. The molecule has 1 aromatic heterocycles. The van der Waals surface area contributed by atoms with Gasteiger partial charge in [0.25, 0.3) is 0 Å². The van der Waals surface area contributed by atoms with Crippen LogP contribution in [0.4, 0.5) is 0 Å². The zero-order chi connectivity index (χ0) is 10.7. The Balaban J connectivity index is 3.20. The number of aromatic carboxylic acids is 1. The largest absolute Gasteiger partial charge is 0.480 e. The van der Waals surface area contributed by atoms with Gasteiger partial charge in [-0.25, -0.2) is 14.8 Å². The molecule has 0 atom stereocenters. The quantitative estimate of drug-likeness (QED) is 0.788. The molecule has 0 saturated carbocycles. The fourth-order valence-corrected chi connectivity index (χ4v) is 1.03. The minimum Gasteiger partial charge on any atom is -0.480 e. The molecule has 0 radical (unpaired) electrons. The van der Waals surface area contributed by atoms with Crippen molar-refractivity contribution in [2.45, 2.75) is 19.8 Å². The van der Waals surface area contributed by atoms with Gasteiger partial charge >= 0.3 is 5.97 Å². The lowest BCUT2D eigenvalue weighted by Gasteiger charge is -2.09. The Labute approximate surface area is 81.8 Å². The first-order chi connectivity index (χ1) is 6.56. The van der Waals surface area contributed by atoms with Gasteiger partial charge < -0.3 is 9.84 Å². The molecule has 76 valence electrons. The molecule has 1 rings (SSSR count). The molecule has 0 aliphatic carbocycles. The van der Waals surface area contributed by atoms with Crippen molar-refractivity contribution >= 4 is 5.97 Å². The zero-order valence-electron chi connectivity index (χ0n) is 8.31. The molecular weight excluding hydrogens is 184 g/mol. The average Bonchev–Trinajstić information content (AvgIpc) is 2.16. The van der Waals surface area contributed by atoms with E-state index in [1.54, 1.807) is 0 Å². The lowest BCUT2D eigenvalue weighted by Crippen LogP contribution is -2.07. The van der Waals surface area contributed by atoms with Crippen LogP contribution in [0.1, 0.15) is 35.9 Å². The standard InChI is InChI=1S/C9H12N2O3/c1-5(2)7-8(14-3)10-4-6(11-7)9(12)13/h4-5H,1-3H3,(H,12,13). The summed E-state index contributed by atoms with van der Waals surface area (Å²) >= 11 is 0. The normalized spacial score (nSPS) is 10.3. The Kier molecular flexibility index (Phi) is 3.01. The highest BCUT2D eigenvalue weighted by atomic mass is 16.5. The van der Waals surface area contributed by atoms with Gasteiger partial charge in [0.1, 0.15) is 5.69 Å². The van der Waals surface area contributed by atoms with Gasteiger partial charge in [-0.2, -0.15) is 0 Å². The van der Waals surface area contributed by atoms with E-state index in [0.717, 1.165) is 0 Å². The number of ether oxygens (including phenoxy) is 1. The highest BCUT2D eigenvalue weighted by Gasteiger charge is 2.14. The van der Waals surface area contributed by atoms with Crippen molar-refractivity contribution in [3.63, 3.8) is 0 Å². The molecule has 0 saturated heterocycles. The van der Waals surface area contributed by atoms with Crippen molar-refractivity contribution in [2.24, 2.45) is 0 Å². The van der Waals surface area contributed by atoms with Gasteiger partial charge in [0, 0.05) is 5.92 Å². The summed E-state index contributed by atoms with van der Waals surface area (Å²) in [5, 5.41) is 8.71. The fourth-order valence-electron chi connectivity index (χ4n) is 1.03. The molecule has 5 heteroatoms. The molecule has 0 aliphatic rings. The van der Waals surface area contributed by atoms with Crippen molar-refractivity contribution in [2.75, 3.05) is 7.11 Å². The van der Waals surface area contributed by atoms with Crippen LogP contribution >= 0.6 is 0 Å². The van der Waals surface area contributed by atoms with Gasteiger partial charge in [-0.3, -0.25) is 0 Å². The number of carboxylic acid groups (broad SMARTS) is 1. The second kappa shape index (κ2) is 4.04. The van der Waals surface area contributed by atoms with Crippen molar-refractivity contribution in [1.82, 2.24) is 9.97 Å². The molecule has 0 unspecified atom stereocenters. The van der Waals surface area contributed by atoms with Crippen molar-refractivity contribution < 1.29 is 14.6 Å². The summed E-state index contributed by atoms with van der Waals surface area (Å²) in [5.41, 5.74) is 0.502. The number of hydrogen-bond donors (Lipinski definition) is 1. The highest BCUT2D eigenvalue weighted by molar-refractivity contribution is 5.85. The summed E-state index contributed by atoms with van der Waals surface area (Å²) < 4.78 is 4.97. The number of hydrogen-bond acceptors (Lipinski definition) is 4. The molecule has 0 bridgehead atoms. The zero-order valence-corrected chi connectivity index (χ0v) is 8.31. The number of carboxylic acids is 1. The van der Waals surface area contributed by atoms with E-state index in [2.05, 4.69) is 9.97 Å². The molecular formula is C9H12N2O3. The van der Waals surface area contributed by atoms with Crippen LogP contribution in [-0.4, -0.2) is 28.2 Å². The van der Waals surface area contributed by atoms with Gasteiger partial charge in [0.2, 0.25) is 5.88 Å². The summed E-state index contributed by atoms with van der Waals surface area (Å²) in [6.45, 7) is 3.80. The topological polar surface area (TPSA) is 72.3 Å². The minimum atomic E-state index is -1.08. The van der Waals surface area contributed by atoms with Gasteiger partial charge in [0.15, 0.2) is 5.69 Å². The van der Waals surface area contributed by atoms with Crippen molar-refractivity contribution in [3.8, 4) is 5.88 Å². The van der Waals surface area contributed by atoms with Crippen LogP contribution in [-0.2, 0) is 0 Å². The maximum atomic E-state index is 10.6. The van der Waals surface area contributed by atoms with Crippen molar-refractivity contribution in [3.05, 3.63) is 17.6 Å². The third-order valence-corrected chi connectivity index (χ3v) is 1.72. The lowest BCUT2D eigenvalue weighted by molar-refractivity contribution is 0.0689. The summed E-state index contributed by atoms with van der Waals surface area (Å²) in [7, 11) is 1.48. The molecule has 14 heavy (non-hydrogen) atoms. The third-order valence-electron chi connectivity index (χ3n) is 1.72. The predicted octanol–water partition coefficient (Wildman–Crippen LogP) is 1.31. The average molecular weight is 196 g/mol. The van der Waals surface area contributed by atoms with E-state index in [1.165, 1.54) is 13.3 Å². The van der Waals surface area contributed by atoms with Gasteiger partial charge in [-0.05, 0) is 0 Å². The van der Waals surface area contributed by atoms with Crippen LogP contribution in [0.15, 0.2) is 6.20 Å². The Morgan fingerprint density at radius 2 is 2.21 bits per heavy atom. The van der Waals surface area contributed by atoms with Crippen LogP contribution in [0.2, 0.25) is 0 Å². The molecule has 1 aromatic rings. The third kappa shape index (κ3) is 1.99. The van der Waals surface area contributed by atoms with Crippen LogP contribution in [0.5, 0.6) is 5.88 Å². The number of aromatic nitrogens is 2. The summed E-state index contributed by atoms with van der Waals surface area (Å²) in [6.07, 6.45) is 1.19. The van der Waals surface area contributed by atoms with Crippen LogP contribution in [0, 0.1) is 0 Å². The van der Waals surface area contributed by atoms with Crippen LogP contribution in [0.25, 0.3) is 0 Å². The second-order valence-corrected chi connectivity index (χ2v) is 3.11. The maximum Gasteiger partial charge on any atom is 0.356 e. The molecule has 1 N–H and O–H groups in total. The van der Waals surface area contributed by atoms with Gasteiger partial charge in [-0.15, -0.1) is 0 Å². The number of nitrogens with zero attached hydrogens (tertiary/aromatic N) is 2. The number of methoxy groups -OCH3 is 1. The van der Waals surface area contributed by atoms with Crippen LogP contribution in [0.3, 0.4) is 0 Å². The second-order valence-electron chi connectivity index (χ2n) is 3.11. The smallest absolute Gasteiger partial charge is 0.356 e. The lowest BCUT2D eigenvalue weighted by atomic mass is 10.1. The minimum absolute atomic E-state index is 0.0606. The van der Waals surface area contributed by atoms with E-state index in [9.17, 15) is 4.79 Å². The van der Waals surface area contributed by atoms with Gasteiger partial charge in [-0.1, -0.05) is 13.8 Å². The molecule has 0 aliphatic heterocycles. The van der Waals surface area contributed by atoms with E-state index >= 15 is 0 Å². The summed E-state index contributed by atoms with van der Waals surface area (Å²) in [5.74, 6) is -0.621. The Hall–Kier alpha value is -1.65. The molecule has 0 fully saturated rings. The van der Waals surface area contributed by atoms with E-state index in [0.29, 0.717) is 11.6 Å². The van der Waals surface area contributed by atoms with E-state index in [4.69, 9.17) is 9.84 Å². The molecule has 0 spiro atoms. The van der Waals surface area contributed by atoms with E-state index in [1.807, 2.05) is 13.8 Å². The van der Waals surface area contributed by atoms with Crippen molar-refractivity contribution in [1.29, 1.82) is 0 Å². The Bertz CT molecular complexity index is 350. The van der Waals surface area contributed by atoms with Gasteiger partial charge in [0.05, 0.1) is 13.3 Å². The first-order valence-corrected chi connectivity index (χ1v) is 4.20. The van der Waals surface area contributed by atoms with E-state index < -0.39 is 5.97 Å². The number of rotatable bonds is 3. The summed E-state index contributed by atoms with van der Waals surface area (Å²) in [6, 6.07) is 0. The molecule has 1 heterocycles. The first-order valence-electron chi connectivity index (χ1n) is 4.20. The van der Waals surface area contributed by atoms with Crippen LogP contribution < -0.4 is 4.74 Å². The number of carbonyl (C=O) groups is 1. The fraction of sp³-hybridized carbons (Fsp3) is 0.444. The maximum absolute atomic E-state index is 10.6. The molecule has 0 aromatic carbocycles. The Morgan fingerprint density at radius 3 is 2.64 bits per heavy atom. The molecule has 0 amide bonds. The Morgan fingerprint density at radius 1 is 1.57 bits per heavy atom. The van der Waals surface area contributed by atoms with E-state index in [-0.39, 0.29) is 11.6 Å². The first kappa shape index (κ1) is 10.4. The highest BCUT2D eigenvalue weighted by Crippen LogP contribution is 2.21.